The molecule has 0 N–H and O–H groups in total. The average molecular weight is 316 g/mol. The standard InChI is InChI=1S/C17H20N2O4/c1-11-7-12(2)9-13(8-11)16(21)18-5-3-14(4-6-18)19-15(20)10-23-17(19)22/h7-9,14H,3-6,10H2,1-2H3. The van der Waals surface area contributed by atoms with Crippen LogP contribution in [0.25, 0.3) is 0 Å². The van der Waals surface area contributed by atoms with Gasteiger partial charge in [0.25, 0.3) is 11.8 Å². The first-order chi connectivity index (χ1) is 11.0. The van der Waals surface area contributed by atoms with Crippen LogP contribution in [0.15, 0.2) is 18.2 Å². The molecule has 0 unspecified atom stereocenters. The first-order valence-corrected chi connectivity index (χ1v) is 7.82. The maximum atomic E-state index is 12.6. The summed E-state index contributed by atoms with van der Waals surface area (Å²) in [4.78, 5) is 38.9. The molecule has 0 aromatic heterocycles. The molecule has 2 heterocycles. The third kappa shape index (κ3) is 3.06. The van der Waals surface area contributed by atoms with E-state index in [1.807, 2.05) is 32.0 Å². The number of cyclic esters (lactones) is 1. The second-order valence-electron chi connectivity index (χ2n) is 6.22. The first kappa shape index (κ1) is 15.5. The second-order valence-corrected chi connectivity index (χ2v) is 6.22. The normalized spacial score (nSPS) is 19.2. The molecule has 2 fully saturated rings. The highest BCUT2D eigenvalue weighted by Crippen LogP contribution is 2.22. The summed E-state index contributed by atoms with van der Waals surface area (Å²) in [5.41, 5.74) is 2.82. The summed E-state index contributed by atoms with van der Waals surface area (Å²) in [7, 11) is 0. The van der Waals surface area contributed by atoms with E-state index in [2.05, 4.69) is 0 Å². The van der Waals surface area contributed by atoms with Gasteiger partial charge in [-0.15, -0.1) is 0 Å². The van der Waals surface area contributed by atoms with Gasteiger partial charge in [-0.1, -0.05) is 17.2 Å². The first-order valence-electron chi connectivity index (χ1n) is 7.82. The second kappa shape index (κ2) is 6.02. The van der Waals surface area contributed by atoms with Crippen molar-refractivity contribution >= 4 is 17.9 Å². The molecule has 1 aromatic carbocycles. The van der Waals surface area contributed by atoms with Crippen LogP contribution < -0.4 is 0 Å². The molecule has 0 aliphatic carbocycles. The van der Waals surface area contributed by atoms with Crippen LogP contribution in [0.2, 0.25) is 0 Å². The van der Waals surface area contributed by atoms with Crippen molar-refractivity contribution in [2.45, 2.75) is 32.7 Å². The number of ether oxygens (including phenoxy) is 1. The Morgan fingerprint density at radius 3 is 2.22 bits per heavy atom. The maximum Gasteiger partial charge on any atom is 0.417 e. The third-order valence-electron chi connectivity index (χ3n) is 4.37. The highest BCUT2D eigenvalue weighted by Gasteiger charge is 2.39. The summed E-state index contributed by atoms with van der Waals surface area (Å²) >= 11 is 0. The van der Waals surface area contributed by atoms with Crippen LogP contribution in [0.3, 0.4) is 0 Å². The van der Waals surface area contributed by atoms with E-state index in [0.717, 1.165) is 11.1 Å². The van der Waals surface area contributed by atoms with E-state index in [0.29, 0.717) is 31.5 Å². The van der Waals surface area contributed by atoms with Crippen molar-refractivity contribution in [2.24, 2.45) is 0 Å². The van der Waals surface area contributed by atoms with Gasteiger partial charge in [-0.05, 0) is 38.8 Å². The number of likely N-dealkylation sites (tertiary alicyclic amines) is 1. The lowest BCUT2D eigenvalue weighted by atomic mass is 10.0. The Morgan fingerprint density at radius 1 is 1.09 bits per heavy atom. The minimum absolute atomic E-state index is 0.00516. The molecule has 2 aliphatic rings. The molecule has 0 bridgehead atoms. The van der Waals surface area contributed by atoms with Gasteiger partial charge in [0.15, 0.2) is 6.61 Å². The highest BCUT2D eigenvalue weighted by molar-refractivity contribution is 5.98. The monoisotopic (exact) mass is 316 g/mol. The molecule has 3 amide bonds. The predicted molar refractivity (Wildman–Crippen MR) is 83.0 cm³/mol. The summed E-state index contributed by atoms with van der Waals surface area (Å²) in [6, 6.07) is 5.65. The van der Waals surface area contributed by atoms with Crippen molar-refractivity contribution in [1.82, 2.24) is 9.80 Å². The van der Waals surface area contributed by atoms with Gasteiger partial charge in [0, 0.05) is 24.7 Å². The summed E-state index contributed by atoms with van der Waals surface area (Å²) in [5, 5.41) is 0. The fourth-order valence-electron chi connectivity index (χ4n) is 3.32. The van der Waals surface area contributed by atoms with Gasteiger partial charge in [0.05, 0.1) is 0 Å². The van der Waals surface area contributed by atoms with E-state index in [-0.39, 0.29) is 24.5 Å². The van der Waals surface area contributed by atoms with Gasteiger partial charge in [0.2, 0.25) is 0 Å². The number of hydrogen-bond acceptors (Lipinski definition) is 4. The Kier molecular flexibility index (Phi) is 4.07. The van der Waals surface area contributed by atoms with Crippen molar-refractivity contribution in [3.05, 3.63) is 34.9 Å². The Labute approximate surface area is 135 Å². The summed E-state index contributed by atoms with van der Waals surface area (Å²) in [5.74, 6) is -0.278. The molecule has 0 atom stereocenters. The van der Waals surface area contributed by atoms with Crippen molar-refractivity contribution in [3.63, 3.8) is 0 Å². The lowest BCUT2D eigenvalue weighted by Crippen LogP contribution is -2.48. The molecule has 0 spiro atoms. The van der Waals surface area contributed by atoms with E-state index >= 15 is 0 Å². The quantitative estimate of drug-likeness (QED) is 0.835. The van der Waals surface area contributed by atoms with Crippen molar-refractivity contribution in [1.29, 1.82) is 0 Å². The minimum Gasteiger partial charge on any atom is -0.439 e. The molecule has 2 aliphatic heterocycles. The summed E-state index contributed by atoms with van der Waals surface area (Å²) in [6.45, 7) is 4.85. The maximum absolute atomic E-state index is 12.6. The van der Waals surface area contributed by atoms with E-state index in [4.69, 9.17) is 4.74 Å². The number of amides is 3. The molecule has 2 saturated heterocycles. The summed E-state index contributed by atoms with van der Waals surface area (Å²) < 4.78 is 4.76. The Balaban J connectivity index is 1.65. The zero-order valence-electron chi connectivity index (χ0n) is 13.4. The molecule has 0 radical (unpaired) electrons. The SMILES string of the molecule is Cc1cc(C)cc(C(=O)N2CCC(N3C(=O)COC3=O)CC2)c1. The van der Waals surface area contributed by atoms with Crippen LogP contribution in [-0.4, -0.2) is 53.4 Å². The molecule has 122 valence electrons. The van der Waals surface area contributed by atoms with E-state index in [1.165, 1.54) is 4.90 Å². The van der Waals surface area contributed by atoms with E-state index < -0.39 is 6.09 Å². The lowest BCUT2D eigenvalue weighted by Gasteiger charge is -2.34. The fourth-order valence-corrected chi connectivity index (χ4v) is 3.32. The van der Waals surface area contributed by atoms with Gasteiger partial charge < -0.3 is 9.64 Å². The number of nitrogens with zero attached hydrogens (tertiary/aromatic N) is 2. The van der Waals surface area contributed by atoms with Crippen LogP contribution in [0.1, 0.15) is 34.3 Å². The third-order valence-corrected chi connectivity index (χ3v) is 4.37. The fraction of sp³-hybridized carbons (Fsp3) is 0.471. The molecule has 23 heavy (non-hydrogen) atoms. The zero-order valence-corrected chi connectivity index (χ0v) is 13.4. The van der Waals surface area contributed by atoms with Crippen LogP contribution >= 0.6 is 0 Å². The van der Waals surface area contributed by atoms with E-state index in [9.17, 15) is 14.4 Å². The Hall–Kier alpha value is -2.37. The molecule has 3 rings (SSSR count). The molecule has 1 aromatic rings. The average Bonchev–Trinajstić information content (AvgIpc) is 2.85. The van der Waals surface area contributed by atoms with Gasteiger partial charge in [-0.25, -0.2) is 9.69 Å². The van der Waals surface area contributed by atoms with Crippen LogP contribution in [0.4, 0.5) is 4.79 Å². The lowest BCUT2D eigenvalue weighted by molar-refractivity contribution is -0.127. The number of imide groups is 1. The van der Waals surface area contributed by atoms with E-state index in [1.54, 1.807) is 4.90 Å². The zero-order chi connectivity index (χ0) is 16.6. The number of piperidine rings is 1. The number of carbonyl (C=O) groups excluding carboxylic acids is 3. The molecule has 0 saturated carbocycles. The van der Waals surface area contributed by atoms with Crippen molar-refractivity contribution in [2.75, 3.05) is 19.7 Å². The number of hydrogen-bond donors (Lipinski definition) is 0. The van der Waals surface area contributed by atoms with Crippen LogP contribution in [-0.2, 0) is 9.53 Å². The van der Waals surface area contributed by atoms with Gasteiger partial charge >= 0.3 is 6.09 Å². The smallest absolute Gasteiger partial charge is 0.417 e. The highest BCUT2D eigenvalue weighted by atomic mass is 16.6. The number of rotatable bonds is 2. The molecular formula is C17H20N2O4. The summed E-state index contributed by atoms with van der Waals surface area (Å²) in [6.07, 6.45) is 0.628. The Bertz CT molecular complexity index is 626. The largest absolute Gasteiger partial charge is 0.439 e. The van der Waals surface area contributed by atoms with Gasteiger partial charge in [-0.2, -0.15) is 0 Å². The number of carbonyl (C=O) groups is 3. The van der Waals surface area contributed by atoms with Crippen molar-refractivity contribution in [3.8, 4) is 0 Å². The predicted octanol–water partition coefficient (Wildman–Crippen LogP) is 1.89. The van der Waals surface area contributed by atoms with Crippen LogP contribution in [0, 0.1) is 13.8 Å². The van der Waals surface area contributed by atoms with Gasteiger partial charge in [-0.3, -0.25) is 9.59 Å². The molecular weight excluding hydrogens is 296 g/mol. The molecule has 6 heteroatoms. The number of aryl methyl sites for hydroxylation is 2. The topological polar surface area (TPSA) is 66.9 Å². The van der Waals surface area contributed by atoms with Gasteiger partial charge in [0.1, 0.15) is 0 Å². The number of benzene rings is 1. The Morgan fingerprint density at radius 2 is 1.70 bits per heavy atom. The van der Waals surface area contributed by atoms with Crippen LogP contribution in [0.5, 0.6) is 0 Å². The minimum atomic E-state index is -0.561. The van der Waals surface area contributed by atoms with Crippen molar-refractivity contribution < 1.29 is 19.1 Å². The molecule has 6 nitrogen and oxygen atoms in total.